The van der Waals surface area contributed by atoms with Crippen LogP contribution >= 0.6 is 0 Å². The standard InChI is InChI=1S/C12H23N3/c1-4-5-7-13-9-12-6-8-15(14-12)10-11(2)3/h6,8,11,13H,4-5,7,9-10H2,1-3H3. The molecule has 3 heteroatoms. The Hall–Kier alpha value is -0.830. The molecular formula is C12H23N3. The topological polar surface area (TPSA) is 29.9 Å². The Morgan fingerprint density at radius 3 is 2.93 bits per heavy atom. The van der Waals surface area contributed by atoms with E-state index >= 15 is 0 Å². The predicted octanol–water partition coefficient (Wildman–Crippen LogP) is 2.43. The van der Waals surface area contributed by atoms with E-state index in [0.717, 1.165) is 25.3 Å². The first-order valence-corrected chi connectivity index (χ1v) is 5.95. The Balaban J connectivity index is 2.26. The summed E-state index contributed by atoms with van der Waals surface area (Å²) in [7, 11) is 0. The van der Waals surface area contributed by atoms with Gasteiger partial charge in [0.05, 0.1) is 5.69 Å². The second kappa shape index (κ2) is 6.62. The van der Waals surface area contributed by atoms with Crippen LogP contribution in [0.4, 0.5) is 0 Å². The Morgan fingerprint density at radius 2 is 2.27 bits per heavy atom. The number of nitrogens with one attached hydrogen (secondary N) is 1. The van der Waals surface area contributed by atoms with Gasteiger partial charge in [-0.1, -0.05) is 27.2 Å². The average Bonchev–Trinajstić information content (AvgIpc) is 2.59. The molecule has 0 radical (unpaired) electrons. The SMILES string of the molecule is CCCCNCc1ccn(CC(C)C)n1. The van der Waals surface area contributed by atoms with Gasteiger partial charge >= 0.3 is 0 Å². The van der Waals surface area contributed by atoms with Crippen LogP contribution in [0.25, 0.3) is 0 Å². The fourth-order valence-corrected chi connectivity index (χ4v) is 1.49. The summed E-state index contributed by atoms with van der Waals surface area (Å²) in [4.78, 5) is 0. The molecule has 1 heterocycles. The summed E-state index contributed by atoms with van der Waals surface area (Å²) < 4.78 is 2.03. The highest BCUT2D eigenvalue weighted by Gasteiger charge is 2.00. The van der Waals surface area contributed by atoms with Gasteiger partial charge in [0.15, 0.2) is 0 Å². The number of aromatic nitrogens is 2. The highest BCUT2D eigenvalue weighted by molar-refractivity contribution is 4.98. The summed E-state index contributed by atoms with van der Waals surface area (Å²) in [5.41, 5.74) is 1.15. The van der Waals surface area contributed by atoms with Crippen LogP contribution in [-0.2, 0) is 13.1 Å². The van der Waals surface area contributed by atoms with Gasteiger partial charge in [-0.25, -0.2) is 0 Å². The predicted molar refractivity (Wildman–Crippen MR) is 63.7 cm³/mol. The fraction of sp³-hybridized carbons (Fsp3) is 0.750. The van der Waals surface area contributed by atoms with E-state index in [4.69, 9.17) is 0 Å². The molecule has 0 saturated carbocycles. The lowest BCUT2D eigenvalue weighted by Gasteiger charge is -2.04. The molecule has 0 unspecified atom stereocenters. The van der Waals surface area contributed by atoms with E-state index in [1.54, 1.807) is 0 Å². The summed E-state index contributed by atoms with van der Waals surface area (Å²) in [6.07, 6.45) is 4.55. The van der Waals surface area contributed by atoms with Gasteiger partial charge in [0.25, 0.3) is 0 Å². The van der Waals surface area contributed by atoms with E-state index in [1.807, 2.05) is 4.68 Å². The van der Waals surface area contributed by atoms with Crippen molar-refractivity contribution in [3.05, 3.63) is 18.0 Å². The Morgan fingerprint density at radius 1 is 1.47 bits per heavy atom. The minimum Gasteiger partial charge on any atom is -0.311 e. The highest BCUT2D eigenvalue weighted by Crippen LogP contribution is 2.00. The zero-order valence-corrected chi connectivity index (χ0v) is 10.2. The minimum absolute atomic E-state index is 0.658. The van der Waals surface area contributed by atoms with Crippen molar-refractivity contribution < 1.29 is 0 Å². The van der Waals surface area contributed by atoms with Gasteiger partial charge in [0.1, 0.15) is 0 Å². The van der Waals surface area contributed by atoms with E-state index in [1.165, 1.54) is 12.8 Å². The maximum Gasteiger partial charge on any atom is 0.0762 e. The number of hydrogen-bond donors (Lipinski definition) is 1. The maximum atomic E-state index is 4.50. The van der Waals surface area contributed by atoms with Gasteiger partial charge in [0, 0.05) is 19.3 Å². The lowest BCUT2D eigenvalue weighted by Crippen LogP contribution is -2.15. The first kappa shape index (κ1) is 12.2. The third-order valence-electron chi connectivity index (χ3n) is 2.26. The first-order valence-electron chi connectivity index (χ1n) is 5.95. The monoisotopic (exact) mass is 209 g/mol. The molecule has 0 aliphatic carbocycles. The summed E-state index contributed by atoms with van der Waals surface area (Å²) in [6, 6.07) is 2.10. The van der Waals surface area contributed by atoms with Crippen LogP contribution in [0, 0.1) is 5.92 Å². The lowest BCUT2D eigenvalue weighted by atomic mass is 10.2. The second-order valence-corrected chi connectivity index (χ2v) is 4.45. The molecule has 0 saturated heterocycles. The lowest BCUT2D eigenvalue weighted by molar-refractivity contribution is 0.477. The van der Waals surface area contributed by atoms with E-state index in [9.17, 15) is 0 Å². The molecule has 86 valence electrons. The van der Waals surface area contributed by atoms with E-state index in [0.29, 0.717) is 5.92 Å². The normalized spacial score (nSPS) is 11.2. The number of rotatable bonds is 7. The van der Waals surface area contributed by atoms with Gasteiger partial charge in [-0.3, -0.25) is 4.68 Å². The zero-order chi connectivity index (χ0) is 11.1. The summed E-state index contributed by atoms with van der Waals surface area (Å²) in [5, 5.41) is 7.90. The van der Waals surface area contributed by atoms with Gasteiger partial charge in [-0.05, 0) is 24.9 Å². The summed E-state index contributed by atoms with van der Waals surface area (Å²) in [5.74, 6) is 0.658. The highest BCUT2D eigenvalue weighted by atomic mass is 15.3. The van der Waals surface area contributed by atoms with E-state index < -0.39 is 0 Å². The molecule has 0 bridgehead atoms. The molecule has 1 aromatic rings. The molecule has 0 fully saturated rings. The third-order valence-corrected chi connectivity index (χ3v) is 2.26. The van der Waals surface area contributed by atoms with Crippen molar-refractivity contribution >= 4 is 0 Å². The van der Waals surface area contributed by atoms with Gasteiger partial charge < -0.3 is 5.32 Å². The molecule has 0 amide bonds. The van der Waals surface area contributed by atoms with Crippen molar-refractivity contribution in [3.63, 3.8) is 0 Å². The Bertz CT molecular complexity index is 266. The van der Waals surface area contributed by atoms with Crippen molar-refractivity contribution in [2.45, 2.75) is 46.7 Å². The van der Waals surface area contributed by atoms with Gasteiger partial charge in [-0.15, -0.1) is 0 Å². The molecule has 0 aliphatic heterocycles. The van der Waals surface area contributed by atoms with Crippen LogP contribution < -0.4 is 5.32 Å². The van der Waals surface area contributed by atoms with Crippen molar-refractivity contribution in [1.82, 2.24) is 15.1 Å². The summed E-state index contributed by atoms with van der Waals surface area (Å²) in [6.45, 7) is 9.62. The number of unbranched alkanes of at least 4 members (excludes halogenated alkanes) is 1. The average molecular weight is 209 g/mol. The molecule has 1 aromatic heterocycles. The van der Waals surface area contributed by atoms with E-state index in [2.05, 4.69) is 43.4 Å². The number of hydrogen-bond acceptors (Lipinski definition) is 2. The third kappa shape index (κ3) is 4.98. The van der Waals surface area contributed by atoms with Crippen molar-refractivity contribution in [2.24, 2.45) is 5.92 Å². The molecule has 1 N–H and O–H groups in total. The first-order chi connectivity index (χ1) is 7.22. The van der Waals surface area contributed by atoms with Crippen LogP contribution in [0.5, 0.6) is 0 Å². The van der Waals surface area contributed by atoms with Crippen molar-refractivity contribution in [3.8, 4) is 0 Å². The van der Waals surface area contributed by atoms with E-state index in [-0.39, 0.29) is 0 Å². The van der Waals surface area contributed by atoms with Crippen molar-refractivity contribution in [2.75, 3.05) is 6.54 Å². The van der Waals surface area contributed by atoms with Crippen LogP contribution in [-0.4, -0.2) is 16.3 Å². The Kier molecular flexibility index (Phi) is 5.40. The van der Waals surface area contributed by atoms with Crippen LogP contribution in [0.15, 0.2) is 12.3 Å². The van der Waals surface area contributed by atoms with Gasteiger partial charge in [0.2, 0.25) is 0 Å². The van der Waals surface area contributed by atoms with Crippen LogP contribution in [0.2, 0.25) is 0 Å². The second-order valence-electron chi connectivity index (χ2n) is 4.45. The Labute approximate surface area is 92.9 Å². The molecule has 0 spiro atoms. The molecule has 0 aromatic carbocycles. The van der Waals surface area contributed by atoms with Crippen molar-refractivity contribution in [1.29, 1.82) is 0 Å². The maximum absolute atomic E-state index is 4.50. The molecule has 0 aliphatic rings. The molecular weight excluding hydrogens is 186 g/mol. The zero-order valence-electron chi connectivity index (χ0n) is 10.2. The number of nitrogens with zero attached hydrogens (tertiary/aromatic N) is 2. The molecule has 3 nitrogen and oxygen atoms in total. The molecule has 1 rings (SSSR count). The quantitative estimate of drug-likeness (QED) is 0.699. The smallest absolute Gasteiger partial charge is 0.0762 e. The van der Waals surface area contributed by atoms with Crippen LogP contribution in [0.1, 0.15) is 39.3 Å². The minimum atomic E-state index is 0.658. The van der Waals surface area contributed by atoms with Gasteiger partial charge in [-0.2, -0.15) is 5.10 Å². The molecule has 15 heavy (non-hydrogen) atoms. The fourth-order valence-electron chi connectivity index (χ4n) is 1.49. The largest absolute Gasteiger partial charge is 0.311 e. The molecule has 0 atom stereocenters. The van der Waals surface area contributed by atoms with Crippen LogP contribution in [0.3, 0.4) is 0 Å². The summed E-state index contributed by atoms with van der Waals surface area (Å²) >= 11 is 0.